The number of aromatic nitrogens is 2. The fourth-order valence-electron chi connectivity index (χ4n) is 3.71. The van der Waals surface area contributed by atoms with Crippen LogP contribution in [0.25, 0.3) is 22.4 Å². The number of rotatable bonds is 8. The number of nitrogens with zero attached hydrogens (tertiary/aromatic N) is 1. The highest BCUT2D eigenvalue weighted by Gasteiger charge is 2.38. The standard InChI is InChI=1S/C27H35N3O3/c1-18-7-9-19(10-8-18)20-11-13-21(14-12-20)22-17-28-24(29-22)23(26(2,3)4)30-25(32)27(5,33-6)15-16-31/h7-14,17,23,31H,15-16H2,1-6H3,(H,28,29)(H,30,32)/t23-,27?/m1/s1. The van der Waals surface area contributed by atoms with Gasteiger partial charge in [0.25, 0.3) is 5.91 Å². The summed E-state index contributed by atoms with van der Waals surface area (Å²) in [7, 11) is 1.48. The van der Waals surface area contributed by atoms with Crippen LogP contribution in [0.3, 0.4) is 0 Å². The van der Waals surface area contributed by atoms with Gasteiger partial charge in [-0.05, 0) is 30.4 Å². The van der Waals surface area contributed by atoms with Crippen LogP contribution >= 0.6 is 0 Å². The first kappa shape index (κ1) is 24.7. The number of ether oxygens (including phenoxy) is 1. The zero-order valence-corrected chi connectivity index (χ0v) is 20.4. The van der Waals surface area contributed by atoms with Crippen LogP contribution in [0.1, 0.15) is 51.5 Å². The zero-order chi connectivity index (χ0) is 24.2. The van der Waals surface area contributed by atoms with E-state index in [4.69, 9.17) is 9.72 Å². The third-order valence-electron chi connectivity index (χ3n) is 6.10. The zero-order valence-electron chi connectivity index (χ0n) is 20.4. The van der Waals surface area contributed by atoms with Gasteiger partial charge in [0, 0.05) is 31.9 Å². The third kappa shape index (κ3) is 5.70. The Morgan fingerprint density at radius 1 is 1.03 bits per heavy atom. The van der Waals surface area contributed by atoms with Crippen molar-refractivity contribution in [3.05, 3.63) is 66.1 Å². The number of imidazole rings is 1. The van der Waals surface area contributed by atoms with Gasteiger partial charge in [-0.3, -0.25) is 4.79 Å². The molecule has 1 unspecified atom stereocenters. The molecule has 0 spiro atoms. The second-order valence-corrected chi connectivity index (χ2v) is 9.80. The third-order valence-corrected chi connectivity index (χ3v) is 6.10. The summed E-state index contributed by atoms with van der Waals surface area (Å²) in [6.07, 6.45) is 2.08. The minimum atomic E-state index is -1.11. The van der Waals surface area contributed by atoms with Gasteiger partial charge in [0.15, 0.2) is 0 Å². The highest BCUT2D eigenvalue weighted by Crippen LogP contribution is 2.33. The fourth-order valence-corrected chi connectivity index (χ4v) is 3.71. The number of hydrogen-bond acceptors (Lipinski definition) is 4. The van der Waals surface area contributed by atoms with E-state index in [1.807, 2.05) is 27.0 Å². The lowest BCUT2D eigenvalue weighted by Crippen LogP contribution is -2.50. The number of aromatic amines is 1. The summed E-state index contributed by atoms with van der Waals surface area (Å²) in [5.41, 5.74) is 3.96. The van der Waals surface area contributed by atoms with Gasteiger partial charge in [-0.2, -0.15) is 0 Å². The van der Waals surface area contributed by atoms with E-state index in [1.165, 1.54) is 18.2 Å². The van der Waals surface area contributed by atoms with Gasteiger partial charge < -0.3 is 20.1 Å². The van der Waals surface area contributed by atoms with Gasteiger partial charge in [-0.25, -0.2) is 4.98 Å². The lowest BCUT2D eigenvalue weighted by atomic mass is 9.85. The first-order valence-corrected chi connectivity index (χ1v) is 11.3. The molecule has 0 aliphatic heterocycles. The van der Waals surface area contributed by atoms with Gasteiger partial charge in [0.1, 0.15) is 11.4 Å². The summed E-state index contributed by atoms with van der Waals surface area (Å²) in [4.78, 5) is 21.1. The number of amides is 1. The Hall–Kier alpha value is -2.96. The molecular formula is C27H35N3O3. The number of H-pyrrole nitrogens is 1. The molecule has 2 atom stereocenters. The summed E-state index contributed by atoms with van der Waals surface area (Å²) in [6, 6.07) is 16.4. The lowest BCUT2D eigenvalue weighted by Gasteiger charge is -2.34. The molecule has 0 aliphatic carbocycles. The maximum Gasteiger partial charge on any atom is 0.252 e. The van der Waals surface area contributed by atoms with Crippen molar-refractivity contribution in [2.45, 2.75) is 52.7 Å². The highest BCUT2D eigenvalue weighted by molar-refractivity contribution is 5.85. The predicted molar refractivity (Wildman–Crippen MR) is 132 cm³/mol. The summed E-state index contributed by atoms with van der Waals surface area (Å²) >= 11 is 0. The molecule has 6 nitrogen and oxygen atoms in total. The van der Waals surface area contributed by atoms with E-state index < -0.39 is 5.60 Å². The molecule has 3 rings (SSSR count). The van der Waals surface area contributed by atoms with Crippen molar-refractivity contribution in [2.24, 2.45) is 5.41 Å². The molecular weight excluding hydrogens is 414 g/mol. The number of methoxy groups -OCH3 is 1. The Labute approximate surface area is 196 Å². The van der Waals surface area contributed by atoms with Crippen molar-refractivity contribution >= 4 is 5.91 Å². The van der Waals surface area contributed by atoms with E-state index in [2.05, 4.69) is 65.8 Å². The molecule has 33 heavy (non-hydrogen) atoms. The topological polar surface area (TPSA) is 87.2 Å². The predicted octanol–water partition coefficient (Wildman–Crippen LogP) is 5.04. The molecule has 0 fully saturated rings. The summed E-state index contributed by atoms with van der Waals surface area (Å²) in [5, 5.41) is 12.4. The SMILES string of the molecule is COC(C)(CCO)C(=O)N[C@H](c1nc(-c2ccc(-c3ccc(C)cc3)cc2)c[nH]1)C(C)(C)C. The van der Waals surface area contributed by atoms with Crippen LogP contribution in [0.4, 0.5) is 0 Å². The summed E-state index contributed by atoms with van der Waals surface area (Å²) < 4.78 is 5.42. The number of aliphatic hydroxyl groups excluding tert-OH is 1. The van der Waals surface area contributed by atoms with E-state index in [0.29, 0.717) is 5.82 Å². The summed E-state index contributed by atoms with van der Waals surface area (Å²) in [5.74, 6) is 0.398. The number of benzene rings is 2. The van der Waals surface area contributed by atoms with E-state index in [9.17, 15) is 9.90 Å². The molecule has 0 saturated carbocycles. The number of hydrogen-bond donors (Lipinski definition) is 3. The monoisotopic (exact) mass is 449 g/mol. The smallest absolute Gasteiger partial charge is 0.252 e. The van der Waals surface area contributed by atoms with Crippen molar-refractivity contribution in [3.63, 3.8) is 0 Å². The highest BCUT2D eigenvalue weighted by atomic mass is 16.5. The second kappa shape index (κ2) is 9.89. The largest absolute Gasteiger partial charge is 0.396 e. The minimum absolute atomic E-state index is 0.137. The Morgan fingerprint density at radius 2 is 1.58 bits per heavy atom. The molecule has 3 N–H and O–H groups in total. The van der Waals surface area contributed by atoms with Crippen LogP contribution in [0.15, 0.2) is 54.7 Å². The molecule has 0 saturated heterocycles. The number of aliphatic hydroxyl groups is 1. The number of carbonyl (C=O) groups is 1. The quantitative estimate of drug-likeness (QED) is 0.449. The van der Waals surface area contributed by atoms with Crippen LogP contribution in [-0.4, -0.2) is 40.3 Å². The van der Waals surface area contributed by atoms with Crippen LogP contribution in [0.2, 0.25) is 0 Å². The van der Waals surface area contributed by atoms with E-state index >= 15 is 0 Å². The maximum atomic E-state index is 13.0. The lowest BCUT2D eigenvalue weighted by molar-refractivity contribution is -0.145. The van der Waals surface area contributed by atoms with Crippen molar-refractivity contribution in [3.8, 4) is 22.4 Å². The first-order valence-electron chi connectivity index (χ1n) is 11.3. The van der Waals surface area contributed by atoms with Crippen LogP contribution in [0.5, 0.6) is 0 Å². The molecule has 0 radical (unpaired) electrons. The number of aryl methyl sites for hydroxylation is 1. The molecule has 2 aromatic carbocycles. The maximum absolute atomic E-state index is 13.0. The van der Waals surface area contributed by atoms with E-state index in [1.54, 1.807) is 6.92 Å². The average molecular weight is 450 g/mol. The van der Waals surface area contributed by atoms with Crippen molar-refractivity contribution in [2.75, 3.05) is 13.7 Å². The fraction of sp³-hybridized carbons (Fsp3) is 0.407. The second-order valence-electron chi connectivity index (χ2n) is 9.80. The van der Waals surface area contributed by atoms with E-state index in [0.717, 1.165) is 16.8 Å². The van der Waals surface area contributed by atoms with E-state index in [-0.39, 0.29) is 30.4 Å². The van der Waals surface area contributed by atoms with Gasteiger partial charge >= 0.3 is 0 Å². The Balaban J connectivity index is 1.83. The van der Waals surface area contributed by atoms with Gasteiger partial charge in [-0.1, -0.05) is 74.9 Å². The van der Waals surface area contributed by atoms with Crippen molar-refractivity contribution < 1.29 is 14.6 Å². The van der Waals surface area contributed by atoms with Crippen molar-refractivity contribution in [1.82, 2.24) is 15.3 Å². The molecule has 176 valence electrons. The molecule has 0 aliphatic rings. The normalized spacial score (nSPS) is 14.5. The molecule has 1 heterocycles. The minimum Gasteiger partial charge on any atom is -0.396 e. The average Bonchev–Trinajstić information content (AvgIpc) is 3.27. The Bertz CT molecular complexity index is 1070. The molecule has 1 aromatic heterocycles. The number of carbonyl (C=O) groups excluding carboxylic acids is 1. The number of nitrogens with one attached hydrogen (secondary N) is 2. The molecule has 0 bridgehead atoms. The molecule has 6 heteroatoms. The van der Waals surface area contributed by atoms with Crippen LogP contribution < -0.4 is 5.32 Å². The Kier molecular flexibility index (Phi) is 7.40. The van der Waals surface area contributed by atoms with Gasteiger partial charge in [-0.15, -0.1) is 0 Å². The van der Waals surface area contributed by atoms with Crippen LogP contribution in [0, 0.1) is 12.3 Å². The van der Waals surface area contributed by atoms with Crippen LogP contribution in [-0.2, 0) is 9.53 Å². The van der Waals surface area contributed by atoms with Crippen molar-refractivity contribution in [1.29, 1.82) is 0 Å². The first-order chi connectivity index (χ1) is 15.6. The Morgan fingerprint density at radius 3 is 2.09 bits per heavy atom. The summed E-state index contributed by atoms with van der Waals surface area (Å²) in [6.45, 7) is 9.77. The molecule has 3 aromatic rings. The van der Waals surface area contributed by atoms with Gasteiger partial charge in [0.2, 0.25) is 0 Å². The van der Waals surface area contributed by atoms with Gasteiger partial charge in [0.05, 0.1) is 11.7 Å². The molecule has 1 amide bonds.